The number of carbonyl (C=O) groups is 1. The van der Waals surface area contributed by atoms with Gasteiger partial charge in [-0.05, 0) is 58.5 Å². The molecular weight excluding hydrogens is 384 g/mol. The summed E-state index contributed by atoms with van der Waals surface area (Å²) < 4.78 is 9.99. The van der Waals surface area contributed by atoms with Crippen molar-refractivity contribution < 1.29 is 19.4 Å². The molecule has 0 bridgehead atoms. The normalized spacial score (nSPS) is 13.6. The first kappa shape index (κ1) is 19.5. The minimum absolute atomic E-state index is 0.141. The summed E-state index contributed by atoms with van der Waals surface area (Å²) >= 11 is 3.50. The molecule has 0 aromatic heterocycles. The molecule has 0 amide bonds. The molecule has 1 aromatic carbocycles. The predicted octanol–water partition coefficient (Wildman–Crippen LogP) is 4.49. The van der Waals surface area contributed by atoms with E-state index in [0.717, 1.165) is 0 Å². The van der Waals surface area contributed by atoms with Crippen LogP contribution in [0.5, 0.6) is 5.75 Å². The smallest absolute Gasteiger partial charge is 0.362 e. The van der Waals surface area contributed by atoms with Crippen molar-refractivity contribution in [1.82, 2.24) is 0 Å². The molecule has 1 N–H and O–H groups in total. The molecule has 128 valence electrons. The van der Waals surface area contributed by atoms with Gasteiger partial charge in [-0.3, -0.25) is 0 Å². The van der Waals surface area contributed by atoms with E-state index in [0.29, 0.717) is 17.2 Å². The Labute approximate surface area is 145 Å². The Kier molecular flexibility index (Phi) is 7.57. The van der Waals surface area contributed by atoms with Gasteiger partial charge in [0.05, 0.1) is 19.4 Å². The van der Waals surface area contributed by atoms with Crippen molar-refractivity contribution in [1.29, 1.82) is 0 Å². The van der Waals surface area contributed by atoms with Gasteiger partial charge in [0, 0.05) is 5.75 Å². The second-order valence-electron chi connectivity index (χ2n) is 4.96. The minimum atomic E-state index is -1.23. The standard InChI is InChI=1S/C15H21BrN2O4S/c1-5-22-15(20)14(13(19)10-23(3,4)16)18-17-11-6-8-12(21-2)9-7-11/h6-9,19H,5,10H2,1-4H3/b14-13+,18-17?. The SMILES string of the molecule is CCOC(=O)/C(N=Nc1ccc(OC)cc1)=C(\O)CS(C)(C)Br. The van der Waals surface area contributed by atoms with E-state index >= 15 is 0 Å². The average Bonchev–Trinajstić information content (AvgIpc) is 2.46. The van der Waals surface area contributed by atoms with Gasteiger partial charge < -0.3 is 14.6 Å². The van der Waals surface area contributed by atoms with Crippen molar-refractivity contribution in [2.24, 2.45) is 10.2 Å². The molecule has 0 atom stereocenters. The van der Waals surface area contributed by atoms with E-state index in [1.807, 2.05) is 12.5 Å². The van der Waals surface area contributed by atoms with Crippen molar-refractivity contribution in [3.63, 3.8) is 0 Å². The number of halogens is 1. The van der Waals surface area contributed by atoms with Gasteiger partial charge in [-0.25, -0.2) is 4.79 Å². The fourth-order valence-corrected chi connectivity index (χ4v) is 3.00. The van der Waals surface area contributed by atoms with Gasteiger partial charge in [0.2, 0.25) is 5.70 Å². The van der Waals surface area contributed by atoms with Gasteiger partial charge in [0.1, 0.15) is 11.5 Å². The zero-order chi connectivity index (χ0) is 17.5. The van der Waals surface area contributed by atoms with E-state index in [-0.39, 0.29) is 18.1 Å². The number of carbonyl (C=O) groups excluding carboxylic acids is 1. The van der Waals surface area contributed by atoms with Crippen LogP contribution in [-0.4, -0.2) is 43.1 Å². The molecule has 8 heteroatoms. The molecule has 1 rings (SSSR count). The third-order valence-corrected chi connectivity index (χ3v) is 4.21. The molecular formula is C15H21BrN2O4S. The molecule has 0 heterocycles. The number of benzene rings is 1. The van der Waals surface area contributed by atoms with Gasteiger partial charge in [-0.1, -0.05) is 0 Å². The first-order valence-electron chi connectivity index (χ1n) is 6.82. The lowest BCUT2D eigenvalue weighted by Gasteiger charge is -2.21. The largest absolute Gasteiger partial charge is 0.509 e. The van der Waals surface area contributed by atoms with Gasteiger partial charge >= 0.3 is 5.97 Å². The number of aliphatic hydroxyl groups is 1. The summed E-state index contributed by atoms with van der Waals surface area (Å²) in [7, 11) is 0.340. The fraction of sp³-hybridized carbons (Fsp3) is 0.400. The number of hydrogen-bond acceptors (Lipinski definition) is 6. The number of aliphatic hydroxyl groups excluding tert-OH is 1. The molecule has 0 aliphatic heterocycles. The van der Waals surface area contributed by atoms with Crippen molar-refractivity contribution in [3.8, 4) is 5.75 Å². The zero-order valence-electron chi connectivity index (χ0n) is 13.6. The molecule has 0 aliphatic rings. The van der Waals surface area contributed by atoms with E-state index in [9.17, 15) is 9.90 Å². The van der Waals surface area contributed by atoms with Crippen molar-refractivity contribution in [2.75, 3.05) is 32.0 Å². The van der Waals surface area contributed by atoms with E-state index < -0.39 is 14.4 Å². The highest BCUT2D eigenvalue weighted by atomic mass is 79.9. The minimum Gasteiger partial charge on any atom is -0.509 e. The third kappa shape index (κ3) is 7.04. The van der Waals surface area contributed by atoms with Crippen LogP contribution in [0, 0.1) is 0 Å². The summed E-state index contributed by atoms with van der Waals surface area (Å²) in [5.74, 6) is 0.150. The fourth-order valence-electron chi connectivity index (χ4n) is 1.57. The second-order valence-corrected chi connectivity index (χ2v) is 13.3. The number of methoxy groups -OCH3 is 1. The summed E-state index contributed by atoms with van der Waals surface area (Å²) in [4.78, 5) is 12.0. The van der Waals surface area contributed by atoms with Gasteiger partial charge in [0.15, 0.2) is 0 Å². The summed E-state index contributed by atoms with van der Waals surface area (Å²) in [6.45, 7) is 1.88. The predicted molar refractivity (Wildman–Crippen MR) is 97.0 cm³/mol. The number of nitrogens with zero attached hydrogens (tertiary/aromatic N) is 2. The molecule has 6 nitrogen and oxygen atoms in total. The van der Waals surface area contributed by atoms with Crippen molar-refractivity contribution in [2.45, 2.75) is 6.92 Å². The Hall–Kier alpha value is -1.54. The molecule has 0 spiro atoms. The van der Waals surface area contributed by atoms with Crippen LogP contribution < -0.4 is 4.74 Å². The van der Waals surface area contributed by atoms with Crippen molar-refractivity contribution in [3.05, 3.63) is 35.7 Å². The highest BCUT2D eigenvalue weighted by Gasteiger charge is 2.20. The molecule has 0 saturated carbocycles. The van der Waals surface area contributed by atoms with Crippen LogP contribution in [0.3, 0.4) is 0 Å². The van der Waals surface area contributed by atoms with Crippen LogP contribution in [0.25, 0.3) is 0 Å². The number of ether oxygens (including phenoxy) is 2. The Morgan fingerprint density at radius 3 is 2.39 bits per heavy atom. The van der Waals surface area contributed by atoms with Crippen LogP contribution in [0.15, 0.2) is 46.0 Å². The molecule has 0 radical (unpaired) electrons. The van der Waals surface area contributed by atoms with E-state index in [1.54, 1.807) is 38.3 Å². The number of hydrogen-bond donors (Lipinski definition) is 1. The Balaban J connectivity index is 3.06. The highest BCUT2D eigenvalue weighted by Crippen LogP contribution is 2.49. The molecule has 1 aromatic rings. The lowest BCUT2D eigenvalue weighted by molar-refractivity contribution is -0.138. The number of rotatable bonds is 7. The van der Waals surface area contributed by atoms with Crippen LogP contribution in [0.4, 0.5) is 5.69 Å². The maximum atomic E-state index is 12.0. The Morgan fingerprint density at radius 2 is 1.91 bits per heavy atom. The molecule has 0 saturated heterocycles. The Morgan fingerprint density at radius 1 is 1.30 bits per heavy atom. The second kappa shape index (κ2) is 8.93. The Bertz CT molecular complexity index is 594. The van der Waals surface area contributed by atoms with Crippen molar-refractivity contribution >= 4 is 34.9 Å². The monoisotopic (exact) mass is 404 g/mol. The third-order valence-electron chi connectivity index (χ3n) is 2.56. The lowest BCUT2D eigenvalue weighted by atomic mass is 10.3. The van der Waals surface area contributed by atoms with Crippen LogP contribution >= 0.6 is 23.3 Å². The summed E-state index contributed by atoms with van der Waals surface area (Å²) in [6.07, 6.45) is 3.90. The molecule has 0 aliphatic carbocycles. The van der Waals surface area contributed by atoms with E-state index in [4.69, 9.17) is 9.47 Å². The van der Waals surface area contributed by atoms with Gasteiger partial charge in [-0.15, -0.1) is 5.11 Å². The zero-order valence-corrected chi connectivity index (χ0v) is 16.0. The molecule has 0 unspecified atom stereocenters. The highest BCUT2D eigenvalue weighted by molar-refractivity contribution is 9.58. The lowest BCUT2D eigenvalue weighted by Crippen LogP contribution is -2.11. The van der Waals surface area contributed by atoms with E-state index in [1.165, 1.54) is 0 Å². The summed E-state index contributed by atoms with van der Waals surface area (Å²) in [6, 6.07) is 6.85. The van der Waals surface area contributed by atoms with Crippen LogP contribution in [0.1, 0.15) is 6.92 Å². The van der Waals surface area contributed by atoms with E-state index in [2.05, 4.69) is 25.0 Å². The molecule has 0 fully saturated rings. The van der Waals surface area contributed by atoms with Crippen LogP contribution in [0.2, 0.25) is 0 Å². The molecule has 23 heavy (non-hydrogen) atoms. The first-order chi connectivity index (χ1) is 10.8. The maximum Gasteiger partial charge on any atom is 0.362 e. The topological polar surface area (TPSA) is 80.5 Å². The quantitative estimate of drug-likeness (QED) is 0.314. The van der Waals surface area contributed by atoms with Crippen LogP contribution in [-0.2, 0) is 9.53 Å². The summed E-state index contributed by atoms with van der Waals surface area (Å²) in [5.41, 5.74) is 0.355. The van der Waals surface area contributed by atoms with Gasteiger partial charge in [0.25, 0.3) is 0 Å². The maximum absolute atomic E-state index is 12.0. The number of azo groups is 1. The number of esters is 1. The van der Waals surface area contributed by atoms with Gasteiger partial charge in [-0.2, -0.15) is 13.6 Å². The average molecular weight is 405 g/mol. The summed E-state index contributed by atoms with van der Waals surface area (Å²) in [5, 5.41) is 18.1. The first-order valence-corrected chi connectivity index (χ1v) is 11.3.